The van der Waals surface area contributed by atoms with Crippen LogP contribution in [0.4, 0.5) is 11.4 Å². The monoisotopic (exact) mass is 546 g/mol. The molecule has 0 saturated carbocycles. The summed E-state index contributed by atoms with van der Waals surface area (Å²) in [5, 5.41) is 11.2. The van der Waals surface area contributed by atoms with Gasteiger partial charge in [0.15, 0.2) is 5.72 Å². The van der Waals surface area contributed by atoms with Gasteiger partial charge in [0, 0.05) is 29.8 Å². The maximum Gasteiger partial charge on any atom is 0.299 e. The Kier molecular flexibility index (Phi) is 7.38. The second kappa shape index (κ2) is 10.2. The van der Waals surface area contributed by atoms with Gasteiger partial charge in [-0.2, -0.15) is 16.8 Å². The summed E-state index contributed by atoms with van der Waals surface area (Å²) in [6.45, 7) is 2.95. The van der Waals surface area contributed by atoms with Crippen LogP contribution in [0, 0.1) is 16.0 Å². The molecule has 0 radical (unpaired) electrons. The molecule has 37 heavy (non-hydrogen) atoms. The van der Waals surface area contributed by atoms with Gasteiger partial charge in [-0.1, -0.05) is 43.3 Å². The van der Waals surface area contributed by atoms with Gasteiger partial charge in [-0.3, -0.25) is 14.3 Å². The van der Waals surface area contributed by atoms with Crippen molar-refractivity contribution in [1.29, 1.82) is 0 Å². The van der Waals surface area contributed by atoms with Crippen molar-refractivity contribution >= 4 is 31.6 Å². The first kappa shape index (κ1) is 26.7. The molecule has 1 aliphatic heterocycles. The molecule has 3 atom stereocenters. The number of non-ortho nitro benzene ring substituents is 1. The maximum atomic E-state index is 13.4. The third kappa shape index (κ3) is 5.37. The molecule has 1 aliphatic rings. The Morgan fingerprint density at radius 3 is 1.89 bits per heavy atom. The Hall–Kier alpha value is -3.32. The minimum Gasteiger partial charge on any atom is -0.338 e. The predicted molar refractivity (Wildman–Crippen MR) is 136 cm³/mol. The summed E-state index contributed by atoms with van der Waals surface area (Å²) >= 11 is 0. The highest BCUT2D eigenvalue weighted by molar-refractivity contribution is 7.87. The molecule has 0 N–H and O–H groups in total. The van der Waals surface area contributed by atoms with Crippen molar-refractivity contribution in [3.05, 3.63) is 95.0 Å². The van der Waals surface area contributed by atoms with E-state index in [0.717, 1.165) is 0 Å². The van der Waals surface area contributed by atoms with Crippen LogP contribution in [-0.4, -0.2) is 40.1 Å². The highest BCUT2D eigenvalue weighted by Gasteiger charge is 2.55. The van der Waals surface area contributed by atoms with Gasteiger partial charge in [0.25, 0.3) is 25.9 Å². The van der Waals surface area contributed by atoms with Crippen LogP contribution in [0.3, 0.4) is 0 Å². The van der Waals surface area contributed by atoms with Crippen molar-refractivity contribution in [3.8, 4) is 0 Å². The number of rotatable bonds is 9. The molecule has 1 heterocycles. The molecule has 0 spiro atoms. The molecule has 12 heteroatoms. The zero-order chi connectivity index (χ0) is 26.8. The number of hydrogen-bond acceptors (Lipinski definition) is 9. The summed E-state index contributed by atoms with van der Waals surface area (Å²) < 4.78 is 64.2. The normalized spacial score (nSPS) is 22.2. The molecule has 10 nitrogen and oxygen atoms in total. The van der Waals surface area contributed by atoms with E-state index in [1.807, 2.05) is 6.92 Å². The summed E-state index contributed by atoms with van der Waals surface area (Å²) in [6.07, 6.45) is 0.441. The third-order valence-electron chi connectivity index (χ3n) is 6.39. The van der Waals surface area contributed by atoms with Gasteiger partial charge >= 0.3 is 0 Å². The molecule has 0 bridgehead atoms. The summed E-state index contributed by atoms with van der Waals surface area (Å²) in [5.41, 5.74) is -1.49. The highest BCUT2D eigenvalue weighted by Crippen LogP contribution is 2.45. The van der Waals surface area contributed by atoms with E-state index >= 15 is 0 Å². The predicted octanol–water partition coefficient (Wildman–Crippen LogP) is 4.34. The van der Waals surface area contributed by atoms with Crippen LogP contribution in [0.2, 0.25) is 0 Å². The van der Waals surface area contributed by atoms with E-state index in [2.05, 4.69) is 0 Å². The summed E-state index contributed by atoms with van der Waals surface area (Å²) in [4.78, 5) is 12.1. The molecule has 0 amide bonds. The van der Waals surface area contributed by atoms with Crippen LogP contribution in [0.15, 0.2) is 94.7 Å². The lowest BCUT2D eigenvalue weighted by molar-refractivity contribution is -0.384. The quantitative estimate of drug-likeness (QED) is 0.218. The van der Waals surface area contributed by atoms with Gasteiger partial charge < -0.3 is 4.90 Å². The largest absolute Gasteiger partial charge is 0.338 e. The van der Waals surface area contributed by atoms with Crippen LogP contribution in [-0.2, 0) is 28.6 Å². The first-order valence-electron chi connectivity index (χ1n) is 11.5. The molecule has 0 aliphatic carbocycles. The standard InChI is InChI=1S/C25H26N2O8S2/c1-19-17-20(2)26(21-13-15-22(16-14-21)27(28)29)25(19,35-37(32,33)24-11-7-4-8-12-24)18-34-36(30,31)23-9-5-3-6-10-23/h3-16,19-20H,17-18H2,1-2H3/t19-,20+,25?/m1/s1. The highest BCUT2D eigenvalue weighted by atomic mass is 32.2. The summed E-state index contributed by atoms with van der Waals surface area (Å²) in [5.74, 6) is -0.512. The first-order chi connectivity index (χ1) is 17.5. The Balaban J connectivity index is 1.80. The smallest absolute Gasteiger partial charge is 0.299 e. The number of nitro groups is 1. The van der Waals surface area contributed by atoms with Gasteiger partial charge in [-0.25, -0.2) is 4.18 Å². The van der Waals surface area contributed by atoms with Crippen molar-refractivity contribution in [1.82, 2.24) is 0 Å². The molecule has 196 valence electrons. The molecule has 1 fully saturated rings. The minimum atomic E-state index is -4.38. The van der Waals surface area contributed by atoms with E-state index in [4.69, 9.17) is 8.37 Å². The fraction of sp³-hybridized carbons (Fsp3) is 0.280. The van der Waals surface area contributed by atoms with Crippen LogP contribution >= 0.6 is 0 Å². The Morgan fingerprint density at radius 1 is 0.865 bits per heavy atom. The topological polar surface area (TPSA) is 133 Å². The molecule has 1 unspecified atom stereocenters. The second-order valence-corrected chi connectivity index (χ2v) is 12.0. The zero-order valence-corrected chi connectivity index (χ0v) is 21.8. The van der Waals surface area contributed by atoms with Gasteiger partial charge in [0.2, 0.25) is 0 Å². The molecule has 3 aromatic rings. The SMILES string of the molecule is C[C@@H]1C[C@H](C)N(c2ccc([N+](=O)[O-])cc2)C1(COS(=O)(=O)c1ccccc1)OS(=O)(=O)c1ccccc1. The average molecular weight is 547 g/mol. The molecule has 0 aromatic heterocycles. The number of anilines is 1. The zero-order valence-electron chi connectivity index (χ0n) is 20.1. The van der Waals surface area contributed by atoms with Crippen molar-refractivity contribution in [2.45, 2.75) is 41.8 Å². The molecular weight excluding hydrogens is 520 g/mol. The number of benzene rings is 3. The van der Waals surface area contributed by atoms with Crippen LogP contribution in [0.25, 0.3) is 0 Å². The van der Waals surface area contributed by atoms with E-state index in [-0.39, 0.29) is 21.5 Å². The lowest BCUT2D eigenvalue weighted by Crippen LogP contribution is -2.56. The summed E-state index contributed by atoms with van der Waals surface area (Å²) in [7, 11) is -8.64. The Labute approximate surface area is 215 Å². The molecule has 3 aromatic carbocycles. The number of hydrogen-bond donors (Lipinski definition) is 0. The fourth-order valence-electron chi connectivity index (χ4n) is 4.62. The van der Waals surface area contributed by atoms with E-state index in [9.17, 15) is 26.9 Å². The lowest BCUT2D eigenvalue weighted by Gasteiger charge is -2.42. The number of nitrogens with zero attached hydrogens (tertiary/aromatic N) is 2. The van der Waals surface area contributed by atoms with E-state index in [0.29, 0.717) is 12.1 Å². The molecule has 1 saturated heterocycles. The van der Waals surface area contributed by atoms with E-state index in [1.165, 1.54) is 48.5 Å². The van der Waals surface area contributed by atoms with Crippen molar-refractivity contribution in [3.63, 3.8) is 0 Å². The van der Waals surface area contributed by atoms with Crippen molar-refractivity contribution < 1.29 is 30.1 Å². The van der Waals surface area contributed by atoms with E-state index < -0.39 is 43.4 Å². The molecule has 4 rings (SSSR count). The van der Waals surface area contributed by atoms with Gasteiger partial charge in [0.05, 0.1) is 14.7 Å². The minimum absolute atomic E-state index is 0.0864. The second-order valence-electron chi connectivity index (χ2n) is 8.85. The van der Waals surface area contributed by atoms with Crippen LogP contribution in [0.5, 0.6) is 0 Å². The van der Waals surface area contributed by atoms with Crippen molar-refractivity contribution in [2.24, 2.45) is 5.92 Å². The van der Waals surface area contributed by atoms with Gasteiger partial charge in [-0.05, 0) is 49.7 Å². The average Bonchev–Trinajstić information content (AvgIpc) is 3.12. The first-order valence-corrected chi connectivity index (χ1v) is 14.3. The van der Waals surface area contributed by atoms with Crippen LogP contribution in [0.1, 0.15) is 20.3 Å². The fourth-order valence-corrected chi connectivity index (χ4v) is 6.83. The third-order valence-corrected chi connectivity index (χ3v) is 9.03. The lowest BCUT2D eigenvalue weighted by atomic mass is 9.98. The Bertz CT molecular complexity index is 1460. The number of nitro benzene ring substituents is 1. The Morgan fingerprint density at radius 2 is 1.38 bits per heavy atom. The maximum absolute atomic E-state index is 13.4. The summed E-state index contributed by atoms with van der Waals surface area (Å²) in [6, 6.07) is 20.2. The van der Waals surface area contributed by atoms with Crippen molar-refractivity contribution in [2.75, 3.05) is 11.5 Å². The van der Waals surface area contributed by atoms with Gasteiger partial charge in [-0.15, -0.1) is 0 Å². The van der Waals surface area contributed by atoms with Crippen LogP contribution < -0.4 is 4.90 Å². The van der Waals surface area contributed by atoms with Gasteiger partial charge in [0.1, 0.15) is 6.61 Å². The molecular formula is C25H26N2O8S2. The van der Waals surface area contributed by atoms with E-state index in [1.54, 1.807) is 48.2 Å².